The van der Waals surface area contributed by atoms with Crippen LogP contribution in [0.5, 0.6) is 0 Å². The molecule has 3 aromatic rings. The molecule has 24 heavy (non-hydrogen) atoms. The average molecular weight is 343 g/mol. The fraction of sp³-hybridized carbons (Fsp3) is 0.118. The highest BCUT2D eigenvalue weighted by Gasteiger charge is 2.15. The third kappa shape index (κ3) is 3.69. The van der Waals surface area contributed by atoms with Crippen LogP contribution in [0.25, 0.3) is 11.0 Å². The van der Waals surface area contributed by atoms with Gasteiger partial charge < -0.3 is 14.5 Å². The lowest BCUT2D eigenvalue weighted by Gasteiger charge is -2.06. The van der Waals surface area contributed by atoms with Crippen molar-refractivity contribution in [3.05, 3.63) is 68.7 Å². The molecule has 0 aliphatic heterocycles. The first-order valence-electron chi connectivity index (χ1n) is 7.12. The van der Waals surface area contributed by atoms with E-state index >= 15 is 0 Å². The standard InChI is InChI=1S/C17H13NO5S/c19-13-8-15(23-14-6-2-1-5-12(13)14)17(21)22-10-16(20)18-9-11-4-3-7-24-11/h1-8H,9-10H2,(H,18,20). The van der Waals surface area contributed by atoms with E-state index in [-0.39, 0.29) is 11.2 Å². The predicted molar refractivity (Wildman–Crippen MR) is 88.9 cm³/mol. The summed E-state index contributed by atoms with van der Waals surface area (Å²) in [5, 5.41) is 4.92. The van der Waals surface area contributed by atoms with Gasteiger partial charge in [-0.3, -0.25) is 9.59 Å². The predicted octanol–water partition coefficient (Wildman–Crippen LogP) is 2.33. The number of carbonyl (C=O) groups excluding carboxylic acids is 2. The molecule has 0 radical (unpaired) electrons. The number of hydrogen-bond acceptors (Lipinski definition) is 6. The second kappa shape index (κ2) is 7.10. The van der Waals surface area contributed by atoms with Gasteiger partial charge in [0.05, 0.1) is 11.9 Å². The number of amides is 1. The Labute approximate surface area is 140 Å². The van der Waals surface area contributed by atoms with E-state index in [0.29, 0.717) is 17.5 Å². The topological polar surface area (TPSA) is 85.6 Å². The molecule has 0 unspecified atom stereocenters. The first-order chi connectivity index (χ1) is 11.6. The number of hydrogen-bond donors (Lipinski definition) is 1. The molecule has 0 bridgehead atoms. The van der Waals surface area contributed by atoms with Gasteiger partial charge in [0.2, 0.25) is 5.76 Å². The van der Waals surface area contributed by atoms with Crippen molar-refractivity contribution >= 4 is 34.2 Å². The summed E-state index contributed by atoms with van der Waals surface area (Å²) in [5.41, 5.74) is -0.0509. The van der Waals surface area contributed by atoms with Crippen LogP contribution in [0, 0.1) is 0 Å². The number of esters is 1. The van der Waals surface area contributed by atoms with E-state index in [1.807, 2.05) is 17.5 Å². The van der Waals surface area contributed by atoms with Crippen LogP contribution in [0.4, 0.5) is 0 Å². The van der Waals surface area contributed by atoms with Gasteiger partial charge in [0, 0.05) is 10.9 Å². The van der Waals surface area contributed by atoms with Gasteiger partial charge >= 0.3 is 5.97 Å². The van der Waals surface area contributed by atoms with E-state index in [9.17, 15) is 14.4 Å². The van der Waals surface area contributed by atoms with E-state index in [1.54, 1.807) is 24.3 Å². The Morgan fingerprint density at radius 1 is 1.17 bits per heavy atom. The highest BCUT2D eigenvalue weighted by molar-refractivity contribution is 7.09. The van der Waals surface area contributed by atoms with E-state index in [2.05, 4.69) is 5.32 Å². The molecule has 1 amide bonds. The van der Waals surface area contributed by atoms with Crippen LogP contribution >= 0.6 is 11.3 Å². The van der Waals surface area contributed by atoms with Crippen LogP contribution in [-0.2, 0) is 16.1 Å². The lowest BCUT2D eigenvalue weighted by Crippen LogP contribution is -2.28. The largest absolute Gasteiger partial charge is 0.450 e. The fourth-order valence-electron chi connectivity index (χ4n) is 2.06. The average Bonchev–Trinajstić information content (AvgIpc) is 3.11. The number of para-hydroxylation sites is 1. The fourth-order valence-corrected chi connectivity index (χ4v) is 2.70. The SMILES string of the molecule is O=C(COC(=O)c1cc(=O)c2ccccc2o1)NCc1cccs1. The summed E-state index contributed by atoms with van der Waals surface area (Å²) in [7, 11) is 0. The van der Waals surface area contributed by atoms with Gasteiger partial charge in [0.15, 0.2) is 12.0 Å². The molecule has 7 heteroatoms. The molecule has 1 N–H and O–H groups in total. The zero-order chi connectivity index (χ0) is 16.9. The number of benzene rings is 1. The third-order valence-electron chi connectivity index (χ3n) is 3.21. The van der Waals surface area contributed by atoms with Crippen LogP contribution in [0.2, 0.25) is 0 Å². The minimum absolute atomic E-state index is 0.232. The molecule has 1 aromatic carbocycles. The Morgan fingerprint density at radius 2 is 2.00 bits per heavy atom. The quantitative estimate of drug-likeness (QED) is 0.719. The molecule has 6 nitrogen and oxygen atoms in total. The number of fused-ring (bicyclic) bond motifs is 1. The van der Waals surface area contributed by atoms with E-state index in [4.69, 9.17) is 9.15 Å². The molecule has 2 heterocycles. The number of thiophene rings is 1. The summed E-state index contributed by atoms with van der Waals surface area (Å²) in [6.07, 6.45) is 0. The maximum atomic E-state index is 11.9. The summed E-state index contributed by atoms with van der Waals surface area (Å²) in [6.45, 7) is -0.0696. The van der Waals surface area contributed by atoms with Gasteiger partial charge in [-0.05, 0) is 23.6 Å². The zero-order valence-electron chi connectivity index (χ0n) is 12.5. The molecular formula is C17H13NO5S. The Kier molecular flexibility index (Phi) is 4.72. The van der Waals surface area contributed by atoms with Crippen molar-refractivity contribution in [2.75, 3.05) is 6.61 Å². The van der Waals surface area contributed by atoms with Gasteiger partial charge in [-0.25, -0.2) is 4.79 Å². The van der Waals surface area contributed by atoms with Gasteiger partial charge in [-0.1, -0.05) is 18.2 Å². The van der Waals surface area contributed by atoms with Gasteiger partial charge in [-0.2, -0.15) is 0 Å². The smallest absolute Gasteiger partial charge is 0.374 e. The minimum atomic E-state index is -0.857. The van der Waals surface area contributed by atoms with Crippen LogP contribution in [0.3, 0.4) is 0 Å². The van der Waals surface area contributed by atoms with Crippen LogP contribution in [-0.4, -0.2) is 18.5 Å². The van der Waals surface area contributed by atoms with E-state index in [1.165, 1.54) is 11.3 Å². The molecule has 2 aromatic heterocycles. The Hall–Kier alpha value is -2.93. The second-order valence-electron chi connectivity index (χ2n) is 4.90. The summed E-state index contributed by atoms with van der Waals surface area (Å²) in [4.78, 5) is 36.5. The minimum Gasteiger partial charge on any atom is -0.450 e. The monoisotopic (exact) mass is 343 g/mol. The molecule has 0 saturated heterocycles. The molecule has 0 aliphatic carbocycles. The number of rotatable bonds is 5. The van der Waals surface area contributed by atoms with Crippen molar-refractivity contribution in [1.82, 2.24) is 5.32 Å². The Morgan fingerprint density at radius 3 is 2.79 bits per heavy atom. The number of carbonyl (C=O) groups is 2. The molecule has 0 spiro atoms. The number of ether oxygens (including phenoxy) is 1. The second-order valence-corrected chi connectivity index (χ2v) is 5.94. The Bertz CT molecular complexity index is 930. The summed E-state index contributed by atoms with van der Waals surface area (Å²) >= 11 is 1.52. The first-order valence-corrected chi connectivity index (χ1v) is 8.00. The normalized spacial score (nSPS) is 10.5. The zero-order valence-corrected chi connectivity index (χ0v) is 13.3. The van der Waals surface area contributed by atoms with Gasteiger partial charge in [0.1, 0.15) is 5.58 Å². The lowest BCUT2D eigenvalue weighted by molar-refractivity contribution is -0.124. The summed E-state index contributed by atoms with van der Waals surface area (Å²) in [5.74, 6) is -1.52. The molecule has 0 fully saturated rings. The van der Waals surface area contributed by atoms with Crippen LogP contribution in [0.1, 0.15) is 15.4 Å². The third-order valence-corrected chi connectivity index (χ3v) is 4.09. The van der Waals surface area contributed by atoms with E-state index < -0.39 is 18.5 Å². The highest BCUT2D eigenvalue weighted by atomic mass is 32.1. The van der Waals surface area contributed by atoms with E-state index in [0.717, 1.165) is 10.9 Å². The van der Waals surface area contributed by atoms with Crippen molar-refractivity contribution < 1.29 is 18.7 Å². The van der Waals surface area contributed by atoms with Crippen molar-refractivity contribution in [3.63, 3.8) is 0 Å². The molecule has 0 saturated carbocycles. The van der Waals surface area contributed by atoms with Gasteiger partial charge in [0.25, 0.3) is 5.91 Å². The van der Waals surface area contributed by atoms with Crippen LogP contribution in [0.15, 0.2) is 57.1 Å². The maximum Gasteiger partial charge on any atom is 0.374 e. The molecule has 3 rings (SSSR count). The number of nitrogens with one attached hydrogen (secondary N) is 1. The van der Waals surface area contributed by atoms with Crippen LogP contribution < -0.4 is 10.7 Å². The van der Waals surface area contributed by atoms with Crippen molar-refractivity contribution in [1.29, 1.82) is 0 Å². The van der Waals surface area contributed by atoms with Crippen molar-refractivity contribution in [2.45, 2.75) is 6.54 Å². The maximum absolute atomic E-state index is 11.9. The van der Waals surface area contributed by atoms with Crippen molar-refractivity contribution in [3.8, 4) is 0 Å². The molecule has 122 valence electrons. The highest BCUT2D eigenvalue weighted by Crippen LogP contribution is 2.12. The molecule has 0 aliphatic rings. The van der Waals surface area contributed by atoms with Gasteiger partial charge in [-0.15, -0.1) is 11.3 Å². The Balaban J connectivity index is 1.60. The molecule has 0 atom stereocenters. The summed E-state index contributed by atoms with van der Waals surface area (Å²) in [6, 6.07) is 11.4. The molecular weight excluding hydrogens is 330 g/mol. The summed E-state index contributed by atoms with van der Waals surface area (Å²) < 4.78 is 10.2. The van der Waals surface area contributed by atoms with Crippen molar-refractivity contribution in [2.24, 2.45) is 0 Å². The first kappa shape index (κ1) is 15.9. The lowest BCUT2D eigenvalue weighted by atomic mass is 10.2.